The molecule has 0 aliphatic carbocycles. The Balaban J connectivity index is 1.97. The van der Waals surface area contributed by atoms with Crippen molar-refractivity contribution in [3.05, 3.63) is 55.7 Å². The van der Waals surface area contributed by atoms with Gasteiger partial charge in [0.15, 0.2) is 0 Å². The molecular formula is C15H11Cl2NO2S. The first-order valence-electron chi connectivity index (χ1n) is 6.00. The predicted molar refractivity (Wildman–Crippen MR) is 85.9 cm³/mol. The first-order valence-corrected chi connectivity index (χ1v) is 7.64. The van der Waals surface area contributed by atoms with Gasteiger partial charge in [0, 0.05) is 21.4 Å². The van der Waals surface area contributed by atoms with Crippen molar-refractivity contribution in [1.82, 2.24) is 5.32 Å². The summed E-state index contributed by atoms with van der Waals surface area (Å²) >= 11 is 13.2. The molecule has 1 aromatic heterocycles. The number of aliphatic hydroxyl groups is 1. The highest BCUT2D eigenvalue weighted by Gasteiger charge is 2.08. The smallest absolute Gasteiger partial charge is 0.251 e. The summed E-state index contributed by atoms with van der Waals surface area (Å²) in [5, 5.41) is 14.1. The quantitative estimate of drug-likeness (QED) is 0.842. The van der Waals surface area contributed by atoms with E-state index in [9.17, 15) is 4.79 Å². The van der Waals surface area contributed by atoms with Crippen molar-refractivity contribution in [2.24, 2.45) is 0 Å². The predicted octanol–water partition coefficient (Wildman–Crippen LogP) is 3.33. The molecule has 2 N–H and O–H groups in total. The van der Waals surface area contributed by atoms with Crippen molar-refractivity contribution in [2.45, 2.75) is 6.54 Å². The van der Waals surface area contributed by atoms with Gasteiger partial charge >= 0.3 is 0 Å². The normalized spacial score (nSPS) is 9.86. The molecule has 1 amide bonds. The molecule has 0 aliphatic rings. The van der Waals surface area contributed by atoms with Gasteiger partial charge in [-0.15, -0.1) is 11.3 Å². The Bertz CT molecular complexity index is 716. The molecule has 0 atom stereocenters. The van der Waals surface area contributed by atoms with E-state index in [0.29, 0.717) is 22.2 Å². The lowest BCUT2D eigenvalue weighted by Gasteiger charge is -2.04. The topological polar surface area (TPSA) is 49.3 Å². The zero-order valence-electron chi connectivity index (χ0n) is 10.8. The van der Waals surface area contributed by atoms with Crippen LogP contribution in [0.1, 0.15) is 20.8 Å². The van der Waals surface area contributed by atoms with Crippen molar-refractivity contribution < 1.29 is 9.90 Å². The third kappa shape index (κ3) is 4.48. The minimum atomic E-state index is -0.218. The minimum Gasteiger partial charge on any atom is -0.384 e. The summed E-state index contributed by atoms with van der Waals surface area (Å²) in [5.41, 5.74) is 1.29. The van der Waals surface area contributed by atoms with Gasteiger partial charge in [0.25, 0.3) is 5.91 Å². The zero-order chi connectivity index (χ0) is 15.2. The molecule has 2 aromatic rings. The van der Waals surface area contributed by atoms with Crippen LogP contribution in [0, 0.1) is 11.8 Å². The molecular weight excluding hydrogens is 329 g/mol. The molecule has 21 heavy (non-hydrogen) atoms. The molecule has 3 nitrogen and oxygen atoms in total. The molecule has 0 saturated carbocycles. The van der Waals surface area contributed by atoms with Crippen molar-refractivity contribution in [3.8, 4) is 11.8 Å². The average Bonchev–Trinajstić information content (AvgIpc) is 2.93. The summed E-state index contributed by atoms with van der Waals surface area (Å²) in [6, 6.07) is 6.62. The van der Waals surface area contributed by atoms with Crippen LogP contribution in [-0.2, 0) is 6.54 Å². The number of thiophene rings is 1. The zero-order valence-corrected chi connectivity index (χ0v) is 13.1. The van der Waals surface area contributed by atoms with E-state index >= 15 is 0 Å². The van der Waals surface area contributed by atoms with Crippen LogP contribution < -0.4 is 5.32 Å². The molecule has 0 bridgehead atoms. The van der Waals surface area contributed by atoms with Crippen molar-refractivity contribution >= 4 is 40.4 Å². The number of benzene rings is 1. The van der Waals surface area contributed by atoms with Gasteiger partial charge in [0.2, 0.25) is 0 Å². The summed E-state index contributed by atoms with van der Waals surface area (Å²) in [4.78, 5) is 13.0. The highest BCUT2D eigenvalue weighted by molar-refractivity contribution is 7.10. The van der Waals surface area contributed by atoms with Crippen LogP contribution in [-0.4, -0.2) is 17.6 Å². The van der Waals surface area contributed by atoms with Crippen LogP contribution in [0.2, 0.25) is 10.0 Å². The summed E-state index contributed by atoms with van der Waals surface area (Å²) in [6.45, 7) is 0.240. The van der Waals surface area contributed by atoms with E-state index in [1.165, 1.54) is 17.4 Å². The second-order valence-corrected chi connectivity index (χ2v) is 5.88. The lowest BCUT2D eigenvalue weighted by Crippen LogP contribution is -2.22. The molecule has 6 heteroatoms. The van der Waals surface area contributed by atoms with Crippen molar-refractivity contribution in [1.29, 1.82) is 0 Å². The summed E-state index contributed by atoms with van der Waals surface area (Å²) in [5.74, 6) is 5.17. The molecule has 0 spiro atoms. The lowest BCUT2D eigenvalue weighted by molar-refractivity contribution is 0.0951. The fourth-order valence-corrected chi connectivity index (χ4v) is 2.64. The van der Waals surface area contributed by atoms with Crippen LogP contribution in [0.25, 0.3) is 0 Å². The molecule has 1 heterocycles. The number of nitrogens with one attached hydrogen (secondary N) is 1. The van der Waals surface area contributed by atoms with Crippen LogP contribution in [0.5, 0.6) is 0 Å². The third-order valence-electron chi connectivity index (χ3n) is 2.57. The van der Waals surface area contributed by atoms with Gasteiger partial charge in [0.1, 0.15) is 6.61 Å². The molecule has 0 unspecified atom stereocenters. The maximum atomic E-state index is 12.0. The Morgan fingerprint density at radius 2 is 2.10 bits per heavy atom. The second-order valence-electron chi connectivity index (χ2n) is 4.07. The minimum absolute atomic E-state index is 0.167. The van der Waals surface area contributed by atoms with Gasteiger partial charge in [0.05, 0.1) is 16.6 Å². The largest absolute Gasteiger partial charge is 0.384 e. The number of halogens is 2. The fourth-order valence-electron chi connectivity index (χ4n) is 1.59. The van der Waals surface area contributed by atoms with Gasteiger partial charge in [-0.1, -0.05) is 35.0 Å². The highest BCUT2D eigenvalue weighted by Crippen LogP contribution is 2.22. The number of hydrogen-bond acceptors (Lipinski definition) is 3. The van der Waals surface area contributed by atoms with Gasteiger partial charge in [-0.2, -0.15) is 0 Å². The van der Waals surface area contributed by atoms with Crippen LogP contribution in [0.3, 0.4) is 0 Å². The summed E-state index contributed by atoms with van der Waals surface area (Å²) in [7, 11) is 0. The fraction of sp³-hybridized carbons (Fsp3) is 0.133. The maximum Gasteiger partial charge on any atom is 0.251 e. The Hall–Kier alpha value is -1.51. The van der Waals surface area contributed by atoms with Crippen molar-refractivity contribution in [3.63, 3.8) is 0 Å². The number of amides is 1. The SMILES string of the molecule is O=C(NCc1cc(C#CCO)cs1)c1ccc(Cl)c(Cl)c1. The van der Waals surface area contributed by atoms with Gasteiger partial charge < -0.3 is 10.4 Å². The van der Waals surface area contributed by atoms with E-state index in [2.05, 4.69) is 17.2 Å². The van der Waals surface area contributed by atoms with E-state index < -0.39 is 0 Å². The van der Waals surface area contributed by atoms with Crippen LogP contribution in [0.4, 0.5) is 0 Å². The van der Waals surface area contributed by atoms with E-state index in [0.717, 1.165) is 10.4 Å². The molecule has 2 rings (SSSR count). The first kappa shape index (κ1) is 15.9. The lowest BCUT2D eigenvalue weighted by atomic mass is 10.2. The highest BCUT2D eigenvalue weighted by atomic mass is 35.5. The Kier molecular flexibility index (Phi) is 5.66. The van der Waals surface area contributed by atoms with Crippen LogP contribution >= 0.6 is 34.5 Å². The van der Waals surface area contributed by atoms with E-state index in [-0.39, 0.29) is 12.5 Å². The Morgan fingerprint density at radius 3 is 2.81 bits per heavy atom. The maximum absolute atomic E-state index is 12.0. The number of hydrogen-bond donors (Lipinski definition) is 2. The molecule has 0 radical (unpaired) electrons. The van der Waals surface area contributed by atoms with E-state index in [1.54, 1.807) is 12.1 Å². The molecule has 0 saturated heterocycles. The molecule has 0 fully saturated rings. The monoisotopic (exact) mass is 339 g/mol. The number of rotatable bonds is 3. The first-order chi connectivity index (χ1) is 10.1. The van der Waals surface area contributed by atoms with Gasteiger partial charge in [-0.25, -0.2) is 0 Å². The second kappa shape index (κ2) is 7.48. The average molecular weight is 340 g/mol. The Morgan fingerprint density at radius 1 is 1.29 bits per heavy atom. The van der Waals surface area contributed by atoms with Gasteiger partial charge in [-0.3, -0.25) is 4.79 Å². The van der Waals surface area contributed by atoms with Crippen LogP contribution in [0.15, 0.2) is 29.6 Å². The summed E-state index contributed by atoms with van der Waals surface area (Å²) in [6.07, 6.45) is 0. The molecule has 1 aromatic carbocycles. The standard InChI is InChI=1S/C15H11Cl2NO2S/c16-13-4-3-11(7-14(13)17)15(20)18-8-12-6-10(9-21-12)2-1-5-19/h3-4,6-7,9,19H,5,8H2,(H,18,20). The molecule has 108 valence electrons. The summed E-state index contributed by atoms with van der Waals surface area (Å²) < 4.78 is 0. The Labute approximate surface area is 136 Å². The van der Waals surface area contributed by atoms with E-state index in [1.807, 2.05) is 11.4 Å². The molecule has 0 aliphatic heterocycles. The number of aliphatic hydroxyl groups excluding tert-OH is 1. The van der Waals surface area contributed by atoms with Gasteiger partial charge in [-0.05, 0) is 24.3 Å². The third-order valence-corrected chi connectivity index (χ3v) is 4.25. The number of carbonyl (C=O) groups is 1. The number of carbonyl (C=O) groups excluding carboxylic acids is 1. The van der Waals surface area contributed by atoms with E-state index in [4.69, 9.17) is 28.3 Å². The van der Waals surface area contributed by atoms with Crippen molar-refractivity contribution in [2.75, 3.05) is 6.61 Å².